The van der Waals surface area contributed by atoms with Gasteiger partial charge in [-0.1, -0.05) is 24.3 Å². The minimum absolute atomic E-state index is 0.502. The molecule has 1 heterocycles. The molecule has 0 fully saturated rings. The van der Waals surface area contributed by atoms with E-state index in [1.165, 1.54) is 11.1 Å². The van der Waals surface area contributed by atoms with E-state index in [-0.39, 0.29) is 0 Å². The maximum Gasteiger partial charge on any atom is 0.182 e. The number of nitrogens with one attached hydrogen (secondary N) is 2. The number of rotatable bonds is 4. The molecule has 0 aliphatic carbocycles. The van der Waals surface area contributed by atoms with Crippen LogP contribution >= 0.6 is 0 Å². The molecule has 0 spiro atoms. The standard InChI is InChI=1S/C14H15N5/c1-10-5-3-4-6-12(10)8-16-13-7-14(17-9-15)19-11(2)18-13/h3-7H,8H2,1-2H3,(H2,16,17,18,19). The molecule has 0 radical (unpaired) electrons. The molecule has 1 aromatic carbocycles. The summed E-state index contributed by atoms with van der Waals surface area (Å²) in [5, 5.41) is 14.4. The largest absolute Gasteiger partial charge is 0.366 e. The summed E-state index contributed by atoms with van der Waals surface area (Å²) in [6.45, 7) is 4.56. The Morgan fingerprint density at radius 3 is 2.63 bits per heavy atom. The highest BCUT2D eigenvalue weighted by molar-refractivity contribution is 5.49. The number of anilines is 2. The maximum atomic E-state index is 8.60. The predicted molar refractivity (Wildman–Crippen MR) is 74.5 cm³/mol. The Morgan fingerprint density at radius 2 is 1.89 bits per heavy atom. The summed E-state index contributed by atoms with van der Waals surface area (Å²) < 4.78 is 0. The highest BCUT2D eigenvalue weighted by Crippen LogP contribution is 2.13. The van der Waals surface area contributed by atoms with E-state index >= 15 is 0 Å². The third-order valence-electron chi connectivity index (χ3n) is 2.74. The van der Waals surface area contributed by atoms with Crippen molar-refractivity contribution in [1.82, 2.24) is 9.97 Å². The molecule has 0 aliphatic heterocycles. The molecule has 0 saturated carbocycles. The summed E-state index contributed by atoms with van der Waals surface area (Å²) in [6.07, 6.45) is 1.85. The van der Waals surface area contributed by atoms with Crippen LogP contribution in [-0.4, -0.2) is 9.97 Å². The smallest absolute Gasteiger partial charge is 0.182 e. The number of nitrogens with zero attached hydrogens (tertiary/aromatic N) is 3. The second kappa shape index (κ2) is 5.83. The Balaban J connectivity index is 2.12. The summed E-state index contributed by atoms with van der Waals surface area (Å²) in [4.78, 5) is 8.40. The molecule has 0 amide bonds. The minimum atomic E-state index is 0.502. The second-order valence-corrected chi connectivity index (χ2v) is 4.20. The highest BCUT2D eigenvalue weighted by atomic mass is 15.1. The third-order valence-corrected chi connectivity index (χ3v) is 2.74. The van der Waals surface area contributed by atoms with E-state index < -0.39 is 0 Å². The highest BCUT2D eigenvalue weighted by Gasteiger charge is 2.02. The van der Waals surface area contributed by atoms with Crippen molar-refractivity contribution < 1.29 is 0 Å². The van der Waals surface area contributed by atoms with Crippen molar-refractivity contribution >= 4 is 11.6 Å². The van der Waals surface area contributed by atoms with E-state index in [9.17, 15) is 0 Å². The van der Waals surface area contributed by atoms with E-state index in [1.807, 2.05) is 18.3 Å². The van der Waals surface area contributed by atoms with Gasteiger partial charge in [0.05, 0.1) is 0 Å². The molecule has 0 unspecified atom stereocenters. The Bertz CT molecular complexity index is 615. The molecule has 0 saturated heterocycles. The van der Waals surface area contributed by atoms with Crippen molar-refractivity contribution in [3.8, 4) is 6.19 Å². The van der Waals surface area contributed by atoms with Gasteiger partial charge in [-0.3, -0.25) is 5.32 Å². The van der Waals surface area contributed by atoms with Crippen LogP contribution < -0.4 is 10.6 Å². The summed E-state index contributed by atoms with van der Waals surface area (Å²) in [7, 11) is 0. The number of aromatic nitrogens is 2. The van der Waals surface area contributed by atoms with Gasteiger partial charge < -0.3 is 5.32 Å². The average molecular weight is 253 g/mol. The van der Waals surface area contributed by atoms with Crippen LogP contribution in [0.3, 0.4) is 0 Å². The van der Waals surface area contributed by atoms with Gasteiger partial charge in [0, 0.05) is 12.6 Å². The van der Waals surface area contributed by atoms with Crippen LogP contribution in [0.2, 0.25) is 0 Å². The number of nitriles is 1. The topological polar surface area (TPSA) is 73.6 Å². The van der Waals surface area contributed by atoms with Gasteiger partial charge >= 0.3 is 0 Å². The first-order valence-electron chi connectivity index (χ1n) is 5.98. The summed E-state index contributed by atoms with van der Waals surface area (Å²) in [5.41, 5.74) is 2.45. The van der Waals surface area contributed by atoms with Gasteiger partial charge in [0.25, 0.3) is 0 Å². The monoisotopic (exact) mass is 253 g/mol. The molecule has 19 heavy (non-hydrogen) atoms. The number of benzene rings is 1. The maximum absolute atomic E-state index is 8.60. The first-order chi connectivity index (χ1) is 9.19. The van der Waals surface area contributed by atoms with Crippen molar-refractivity contribution in [1.29, 1.82) is 5.26 Å². The molecular formula is C14H15N5. The first-order valence-corrected chi connectivity index (χ1v) is 5.98. The molecule has 2 N–H and O–H groups in total. The first kappa shape index (κ1) is 12.8. The summed E-state index contributed by atoms with van der Waals surface area (Å²) in [6, 6.07) is 9.89. The predicted octanol–water partition coefficient (Wildman–Crippen LogP) is 2.60. The molecule has 1 aromatic heterocycles. The van der Waals surface area contributed by atoms with Crippen LogP contribution in [0.4, 0.5) is 11.6 Å². The molecule has 5 nitrogen and oxygen atoms in total. The molecule has 2 rings (SSSR count). The summed E-state index contributed by atoms with van der Waals surface area (Å²) in [5.74, 6) is 1.82. The van der Waals surface area contributed by atoms with E-state index in [4.69, 9.17) is 5.26 Å². The fourth-order valence-corrected chi connectivity index (χ4v) is 1.77. The van der Waals surface area contributed by atoms with E-state index in [0.717, 1.165) is 0 Å². The molecule has 2 aromatic rings. The van der Waals surface area contributed by atoms with E-state index in [1.54, 1.807) is 13.0 Å². The minimum Gasteiger partial charge on any atom is -0.366 e. The summed E-state index contributed by atoms with van der Waals surface area (Å²) >= 11 is 0. The second-order valence-electron chi connectivity index (χ2n) is 4.20. The van der Waals surface area contributed by atoms with Crippen molar-refractivity contribution in [3.05, 3.63) is 47.3 Å². The van der Waals surface area contributed by atoms with Crippen LogP contribution in [0, 0.1) is 25.3 Å². The normalized spacial score (nSPS) is 9.74. The number of hydrogen-bond acceptors (Lipinski definition) is 5. The van der Waals surface area contributed by atoms with Gasteiger partial charge in [-0.2, -0.15) is 5.26 Å². The zero-order chi connectivity index (χ0) is 13.7. The van der Waals surface area contributed by atoms with E-state index in [0.29, 0.717) is 24.0 Å². The van der Waals surface area contributed by atoms with Crippen LogP contribution in [0.1, 0.15) is 17.0 Å². The van der Waals surface area contributed by atoms with Crippen molar-refractivity contribution in [3.63, 3.8) is 0 Å². The number of hydrogen-bond donors (Lipinski definition) is 2. The van der Waals surface area contributed by atoms with Gasteiger partial charge in [-0.25, -0.2) is 9.97 Å². The molecule has 0 bridgehead atoms. The lowest BCUT2D eigenvalue weighted by Gasteiger charge is -2.09. The Kier molecular flexibility index (Phi) is 3.94. The zero-order valence-corrected chi connectivity index (χ0v) is 10.9. The van der Waals surface area contributed by atoms with E-state index in [2.05, 4.69) is 39.7 Å². The Hall–Kier alpha value is -2.61. The lowest BCUT2D eigenvalue weighted by atomic mass is 10.1. The van der Waals surface area contributed by atoms with Crippen LogP contribution in [0.5, 0.6) is 0 Å². The van der Waals surface area contributed by atoms with Crippen molar-refractivity contribution in [2.75, 3.05) is 10.6 Å². The number of aryl methyl sites for hydroxylation is 2. The fourth-order valence-electron chi connectivity index (χ4n) is 1.77. The SMILES string of the molecule is Cc1nc(NC#N)cc(NCc2ccccc2C)n1. The van der Waals surface area contributed by atoms with Gasteiger partial charge in [0.15, 0.2) is 6.19 Å². The molecule has 0 atom stereocenters. The third kappa shape index (κ3) is 3.42. The Labute approximate surface area is 112 Å². The lowest BCUT2D eigenvalue weighted by molar-refractivity contribution is 1.02. The van der Waals surface area contributed by atoms with Crippen LogP contribution in [-0.2, 0) is 6.54 Å². The quantitative estimate of drug-likeness (QED) is 0.647. The van der Waals surface area contributed by atoms with Crippen molar-refractivity contribution in [2.45, 2.75) is 20.4 Å². The molecular weight excluding hydrogens is 238 g/mol. The van der Waals surface area contributed by atoms with Gasteiger partial charge in [0.2, 0.25) is 0 Å². The van der Waals surface area contributed by atoms with Gasteiger partial charge in [-0.15, -0.1) is 0 Å². The molecule has 5 heteroatoms. The van der Waals surface area contributed by atoms with Gasteiger partial charge in [0.1, 0.15) is 17.5 Å². The molecule has 0 aliphatic rings. The average Bonchev–Trinajstić information content (AvgIpc) is 2.37. The lowest BCUT2D eigenvalue weighted by Crippen LogP contribution is -2.05. The van der Waals surface area contributed by atoms with Crippen LogP contribution in [0.15, 0.2) is 30.3 Å². The van der Waals surface area contributed by atoms with Crippen molar-refractivity contribution in [2.24, 2.45) is 0 Å². The Morgan fingerprint density at radius 1 is 1.16 bits per heavy atom. The molecule has 96 valence electrons. The van der Waals surface area contributed by atoms with Crippen LogP contribution in [0.25, 0.3) is 0 Å². The zero-order valence-electron chi connectivity index (χ0n) is 10.9. The van der Waals surface area contributed by atoms with Gasteiger partial charge in [-0.05, 0) is 25.0 Å². The fraction of sp³-hybridized carbons (Fsp3) is 0.214.